The highest BCUT2D eigenvalue weighted by Crippen LogP contribution is 2.40. The lowest BCUT2D eigenvalue weighted by Gasteiger charge is -2.44. The molecule has 3 aromatic rings. The molecule has 1 atom stereocenters. The molecular formula is C27H33N3O4S. The number of hydrogen-bond donors (Lipinski definition) is 1. The molecule has 1 N–H and O–H groups in total. The number of carbonyl (C=O) groups is 2. The summed E-state index contributed by atoms with van der Waals surface area (Å²) in [6.07, 6.45) is 6.67. The number of rotatable bonds is 6. The maximum absolute atomic E-state index is 14.0. The summed E-state index contributed by atoms with van der Waals surface area (Å²) >= 11 is 1.60. The van der Waals surface area contributed by atoms with Crippen molar-refractivity contribution in [3.63, 3.8) is 0 Å². The van der Waals surface area contributed by atoms with Crippen LogP contribution in [-0.2, 0) is 17.9 Å². The van der Waals surface area contributed by atoms with Crippen LogP contribution >= 0.6 is 11.3 Å². The molecule has 8 heteroatoms. The molecule has 0 bridgehead atoms. The first-order chi connectivity index (χ1) is 17.0. The molecule has 1 aromatic carbocycles. The van der Waals surface area contributed by atoms with Gasteiger partial charge in [-0.1, -0.05) is 31.7 Å². The van der Waals surface area contributed by atoms with Crippen molar-refractivity contribution in [1.82, 2.24) is 14.8 Å². The van der Waals surface area contributed by atoms with Crippen molar-refractivity contribution in [3.05, 3.63) is 46.3 Å². The van der Waals surface area contributed by atoms with E-state index in [-0.39, 0.29) is 17.9 Å². The first-order valence-corrected chi connectivity index (χ1v) is 13.2. The summed E-state index contributed by atoms with van der Waals surface area (Å²) in [6, 6.07) is 9.70. The Balaban J connectivity index is 1.60. The monoisotopic (exact) mass is 495 g/mol. The minimum atomic E-state index is -1.06. The van der Waals surface area contributed by atoms with E-state index in [1.807, 2.05) is 47.2 Å². The normalized spacial score (nSPS) is 21.0. The third-order valence-corrected chi connectivity index (χ3v) is 8.38. The fourth-order valence-electron chi connectivity index (χ4n) is 5.53. The molecule has 186 valence electrons. The highest BCUT2D eigenvalue weighted by molar-refractivity contribution is 7.09. The number of aromatic nitrogens is 1. The van der Waals surface area contributed by atoms with E-state index in [1.54, 1.807) is 30.5 Å². The lowest BCUT2D eigenvalue weighted by molar-refractivity contribution is -0.134. The van der Waals surface area contributed by atoms with E-state index < -0.39 is 5.54 Å². The van der Waals surface area contributed by atoms with Crippen LogP contribution in [0.25, 0.3) is 10.9 Å². The molecule has 1 saturated carbocycles. The number of amides is 2. The van der Waals surface area contributed by atoms with Crippen LogP contribution in [0.3, 0.4) is 0 Å². The summed E-state index contributed by atoms with van der Waals surface area (Å²) in [4.78, 5) is 30.8. The van der Waals surface area contributed by atoms with Gasteiger partial charge in [0.2, 0.25) is 5.91 Å². The summed E-state index contributed by atoms with van der Waals surface area (Å²) in [5.41, 5.74) is 0.263. The van der Waals surface area contributed by atoms with Crippen molar-refractivity contribution in [2.45, 2.75) is 70.1 Å². The van der Waals surface area contributed by atoms with Crippen LogP contribution in [0, 0.1) is 0 Å². The molecular weight excluding hydrogens is 462 g/mol. The van der Waals surface area contributed by atoms with Gasteiger partial charge in [0.05, 0.1) is 32.8 Å². The average molecular weight is 496 g/mol. The minimum absolute atomic E-state index is 0.0938. The van der Waals surface area contributed by atoms with E-state index >= 15 is 0 Å². The van der Waals surface area contributed by atoms with Crippen LogP contribution in [0.4, 0.5) is 0 Å². The van der Waals surface area contributed by atoms with E-state index in [2.05, 4.69) is 5.32 Å². The summed E-state index contributed by atoms with van der Waals surface area (Å²) in [5.74, 6) is 1.06. The van der Waals surface area contributed by atoms with E-state index in [4.69, 9.17) is 9.47 Å². The molecule has 0 saturated heterocycles. The second kappa shape index (κ2) is 9.57. The zero-order valence-corrected chi connectivity index (χ0v) is 21.5. The maximum atomic E-state index is 14.0. The van der Waals surface area contributed by atoms with Crippen molar-refractivity contribution in [2.24, 2.45) is 0 Å². The van der Waals surface area contributed by atoms with Crippen LogP contribution in [-0.4, -0.2) is 47.1 Å². The predicted molar refractivity (Wildman–Crippen MR) is 137 cm³/mol. The number of thiophene rings is 1. The SMILES string of the molecule is COc1ccc(OC)c2c1cc1n2C[C@](C)(C(=O)NC2CCCCCC2)N(Cc2cccs2)C1=O. The minimum Gasteiger partial charge on any atom is -0.496 e. The second-order valence-corrected chi connectivity index (χ2v) is 10.8. The second-order valence-electron chi connectivity index (χ2n) is 9.75. The summed E-state index contributed by atoms with van der Waals surface area (Å²) in [6.45, 7) is 2.62. The quantitative estimate of drug-likeness (QED) is 0.490. The third kappa shape index (κ3) is 4.18. The molecule has 2 aliphatic rings. The Morgan fingerprint density at radius 1 is 1.11 bits per heavy atom. The Morgan fingerprint density at radius 3 is 2.49 bits per heavy atom. The van der Waals surface area contributed by atoms with Crippen molar-refractivity contribution >= 4 is 34.1 Å². The molecule has 1 aliphatic heterocycles. The Labute approximate surface area is 210 Å². The largest absolute Gasteiger partial charge is 0.496 e. The number of fused-ring (bicyclic) bond motifs is 3. The van der Waals surface area contributed by atoms with Crippen molar-refractivity contribution in [3.8, 4) is 11.5 Å². The van der Waals surface area contributed by atoms with E-state index in [0.717, 1.165) is 41.5 Å². The molecule has 1 aliphatic carbocycles. The summed E-state index contributed by atoms with van der Waals surface area (Å²) < 4.78 is 13.2. The van der Waals surface area contributed by atoms with Crippen LogP contribution in [0.15, 0.2) is 35.7 Å². The van der Waals surface area contributed by atoms with Crippen molar-refractivity contribution in [2.75, 3.05) is 14.2 Å². The van der Waals surface area contributed by atoms with E-state index in [1.165, 1.54) is 12.8 Å². The van der Waals surface area contributed by atoms with Crippen molar-refractivity contribution in [1.29, 1.82) is 0 Å². The highest BCUT2D eigenvalue weighted by atomic mass is 32.1. The number of carbonyl (C=O) groups excluding carboxylic acids is 2. The lowest BCUT2D eigenvalue weighted by atomic mass is 9.93. The number of ether oxygens (including phenoxy) is 2. The molecule has 5 rings (SSSR count). The van der Waals surface area contributed by atoms with Gasteiger partial charge in [0.15, 0.2) is 0 Å². The Kier molecular flexibility index (Phi) is 6.49. The summed E-state index contributed by atoms with van der Waals surface area (Å²) in [7, 11) is 3.24. The first kappa shape index (κ1) is 23.7. The van der Waals surface area contributed by atoms with Crippen LogP contribution in [0.2, 0.25) is 0 Å². The summed E-state index contributed by atoms with van der Waals surface area (Å²) in [5, 5.41) is 6.13. The molecule has 3 heterocycles. The lowest BCUT2D eigenvalue weighted by Crippen LogP contribution is -2.64. The van der Waals surface area contributed by atoms with Gasteiger partial charge in [-0.15, -0.1) is 11.3 Å². The molecule has 7 nitrogen and oxygen atoms in total. The predicted octanol–water partition coefficient (Wildman–Crippen LogP) is 4.97. The fourth-order valence-corrected chi connectivity index (χ4v) is 6.22. The van der Waals surface area contributed by atoms with Gasteiger partial charge in [-0.25, -0.2) is 0 Å². The van der Waals surface area contributed by atoms with Gasteiger partial charge in [-0.2, -0.15) is 0 Å². The van der Waals surface area contributed by atoms with Gasteiger partial charge < -0.3 is 24.3 Å². The van der Waals surface area contributed by atoms with Crippen LogP contribution in [0.1, 0.15) is 60.8 Å². The van der Waals surface area contributed by atoms with Gasteiger partial charge in [0.25, 0.3) is 5.91 Å². The Bertz CT molecular complexity index is 1230. The molecule has 2 amide bonds. The zero-order chi connectivity index (χ0) is 24.6. The number of benzene rings is 1. The molecule has 0 radical (unpaired) electrons. The highest BCUT2D eigenvalue weighted by Gasteiger charge is 2.48. The number of hydrogen-bond acceptors (Lipinski definition) is 5. The van der Waals surface area contributed by atoms with Crippen LogP contribution in [0.5, 0.6) is 11.5 Å². The molecule has 1 fully saturated rings. The fraction of sp³-hybridized carbons (Fsp3) is 0.481. The Hall–Kier alpha value is -3.00. The first-order valence-electron chi connectivity index (χ1n) is 12.4. The van der Waals surface area contributed by atoms with E-state index in [9.17, 15) is 9.59 Å². The number of nitrogens with one attached hydrogen (secondary N) is 1. The maximum Gasteiger partial charge on any atom is 0.271 e. The number of methoxy groups -OCH3 is 2. The van der Waals surface area contributed by atoms with Gasteiger partial charge in [0.1, 0.15) is 22.7 Å². The van der Waals surface area contributed by atoms with Gasteiger partial charge in [0, 0.05) is 16.3 Å². The van der Waals surface area contributed by atoms with Crippen molar-refractivity contribution < 1.29 is 19.1 Å². The number of nitrogens with zero attached hydrogens (tertiary/aromatic N) is 2. The Morgan fingerprint density at radius 2 is 1.83 bits per heavy atom. The molecule has 0 spiro atoms. The van der Waals surface area contributed by atoms with E-state index in [0.29, 0.717) is 30.3 Å². The third-order valence-electron chi connectivity index (χ3n) is 7.52. The molecule has 0 unspecified atom stereocenters. The standard InChI is InChI=1S/C27H33N3O4S/c1-27(26(32)28-18-9-6-4-5-7-10-18)17-29-21(25(31)30(27)16-19-11-8-14-35-19)15-20-22(33-2)12-13-23(34-3)24(20)29/h8,11-15,18H,4-7,9-10,16-17H2,1-3H3,(H,28,32)/t27-/m1/s1. The van der Waals surface area contributed by atoms with Gasteiger partial charge in [-0.05, 0) is 49.4 Å². The topological polar surface area (TPSA) is 72.8 Å². The van der Waals surface area contributed by atoms with Crippen LogP contribution < -0.4 is 14.8 Å². The van der Waals surface area contributed by atoms with Gasteiger partial charge in [-0.3, -0.25) is 9.59 Å². The molecule has 35 heavy (non-hydrogen) atoms. The average Bonchev–Trinajstić information content (AvgIpc) is 3.43. The smallest absolute Gasteiger partial charge is 0.271 e. The zero-order valence-electron chi connectivity index (χ0n) is 20.6. The molecule has 2 aromatic heterocycles. The van der Waals surface area contributed by atoms with Gasteiger partial charge >= 0.3 is 0 Å².